The van der Waals surface area contributed by atoms with Crippen molar-refractivity contribution in [3.8, 4) is 0 Å². The highest BCUT2D eigenvalue weighted by atomic mass is 79.9. The molecule has 0 fully saturated rings. The van der Waals surface area contributed by atoms with Gasteiger partial charge in [0.05, 0.1) is 6.33 Å². The highest BCUT2D eigenvalue weighted by Gasteiger charge is 2.09. The fraction of sp³-hybridized carbons (Fsp3) is 0.643. The standard InChI is InChI=1S/C14H22BrN5/c1-2-8-16-13-12-14(18-10-17-13)19-11-20(12)9-6-4-3-5-7-15/h10-11H,2-9H2,1H3,(H,16,17,18). The molecule has 0 aromatic carbocycles. The van der Waals surface area contributed by atoms with Crippen LogP contribution in [0, 0.1) is 0 Å². The minimum Gasteiger partial charge on any atom is -0.368 e. The Morgan fingerprint density at radius 1 is 1.15 bits per heavy atom. The zero-order valence-electron chi connectivity index (χ0n) is 12.0. The van der Waals surface area contributed by atoms with Crippen molar-refractivity contribution >= 4 is 32.9 Å². The van der Waals surface area contributed by atoms with Crippen molar-refractivity contribution in [3.05, 3.63) is 12.7 Å². The van der Waals surface area contributed by atoms with Crippen molar-refractivity contribution in [2.45, 2.75) is 45.6 Å². The van der Waals surface area contributed by atoms with Crippen molar-refractivity contribution in [1.29, 1.82) is 0 Å². The maximum atomic E-state index is 4.37. The molecule has 0 atom stereocenters. The van der Waals surface area contributed by atoms with Crippen LogP contribution in [0.3, 0.4) is 0 Å². The van der Waals surface area contributed by atoms with Gasteiger partial charge in [-0.25, -0.2) is 15.0 Å². The summed E-state index contributed by atoms with van der Waals surface area (Å²) in [5, 5.41) is 4.45. The molecular formula is C14H22BrN5. The zero-order valence-corrected chi connectivity index (χ0v) is 13.6. The SMILES string of the molecule is CCCNc1ncnc2ncn(CCCCCCBr)c12. The minimum atomic E-state index is 0.777. The van der Waals surface area contributed by atoms with Gasteiger partial charge in [0.25, 0.3) is 0 Å². The van der Waals surface area contributed by atoms with Crippen molar-refractivity contribution in [3.63, 3.8) is 0 Å². The van der Waals surface area contributed by atoms with E-state index in [9.17, 15) is 0 Å². The number of aromatic nitrogens is 4. The first-order valence-electron chi connectivity index (χ1n) is 7.32. The Hall–Kier alpha value is -1.17. The summed E-state index contributed by atoms with van der Waals surface area (Å²) in [6.07, 6.45) is 9.46. The number of fused-ring (bicyclic) bond motifs is 1. The highest BCUT2D eigenvalue weighted by Crippen LogP contribution is 2.19. The molecule has 110 valence electrons. The number of nitrogens with zero attached hydrogens (tertiary/aromatic N) is 4. The van der Waals surface area contributed by atoms with Gasteiger partial charge < -0.3 is 9.88 Å². The molecule has 5 nitrogen and oxygen atoms in total. The molecule has 0 saturated carbocycles. The summed E-state index contributed by atoms with van der Waals surface area (Å²) in [5.74, 6) is 0.898. The summed E-state index contributed by atoms with van der Waals surface area (Å²) >= 11 is 3.47. The highest BCUT2D eigenvalue weighted by molar-refractivity contribution is 9.09. The maximum Gasteiger partial charge on any atom is 0.182 e. The van der Waals surface area contributed by atoms with Gasteiger partial charge in [-0.2, -0.15) is 0 Å². The van der Waals surface area contributed by atoms with Gasteiger partial charge in [0.1, 0.15) is 11.8 Å². The number of rotatable bonds is 9. The second-order valence-electron chi connectivity index (χ2n) is 4.86. The molecule has 6 heteroatoms. The molecule has 2 heterocycles. The van der Waals surface area contributed by atoms with E-state index in [0.29, 0.717) is 0 Å². The minimum absolute atomic E-state index is 0.777. The van der Waals surface area contributed by atoms with Gasteiger partial charge in [0.2, 0.25) is 0 Å². The van der Waals surface area contributed by atoms with E-state index in [2.05, 4.69) is 47.7 Å². The van der Waals surface area contributed by atoms with Gasteiger partial charge in [-0.15, -0.1) is 0 Å². The smallest absolute Gasteiger partial charge is 0.182 e. The third-order valence-electron chi connectivity index (χ3n) is 3.23. The molecule has 0 radical (unpaired) electrons. The average Bonchev–Trinajstić information content (AvgIpc) is 2.89. The number of aryl methyl sites for hydroxylation is 1. The van der Waals surface area contributed by atoms with Crippen LogP contribution in [0.5, 0.6) is 0 Å². The third-order valence-corrected chi connectivity index (χ3v) is 3.80. The molecule has 0 aliphatic rings. The lowest BCUT2D eigenvalue weighted by Crippen LogP contribution is -2.06. The van der Waals surface area contributed by atoms with Crippen LogP contribution < -0.4 is 5.32 Å². The van der Waals surface area contributed by atoms with E-state index >= 15 is 0 Å². The molecule has 0 bridgehead atoms. The Kier molecular flexibility index (Phi) is 6.24. The molecule has 0 saturated heterocycles. The van der Waals surface area contributed by atoms with Gasteiger partial charge in [-0.3, -0.25) is 0 Å². The summed E-state index contributed by atoms with van der Waals surface area (Å²) in [7, 11) is 0. The number of hydrogen-bond acceptors (Lipinski definition) is 4. The molecule has 0 aliphatic heterocycles. The Morgan fingerprint density at radius 3 is 2.80 bits per heavy atom. The lowest BCUT2D eigenvalue weighted by atomic mass is 10.2. The van der Waals surface area contributed by atoms with Crippen LogP contribution in [-0.4, -0.2) is 31.4 Å². The van der Waals surface area contributed by atoms with Gasteiger partial charge in [0, 0.05) is 18.4 Å². The largest absolute Gasteiger partial charge is 0.368 e. The summed E-state index contributed by atoms with van der Waals surface area (Å²) in [5.41, 5.74) is 1.81. The summed E-state index contributed by atoms with van der Waals surface area (Å²) in [6.45, 7) is 4.04. The van der Waals surface area contributed by atoms with E-state index < -0.39 is 0 Å². The number of unbranched alkanes of at least 4 members (excludes halogenated alkanes) is 3. The number of alkyl halides is 1. The zero-order chi connectivity index (χ0) is 14.2. The van der Waals surface area contributed by atoms with E-state index in [1.54, 1.807) is 6.33 Å². The maximum absolute atomic E-state index is 4.37. The fourth-order valence-electron chi connectivity index (χ4n) is 2.18. The van der Waals surface area contributed by atoms with Crippen LogP contribution in [0.1, 0.15) is 39.0 Å². The van der Waals surface area contributed by atoms with Crippen molar-refractivity contribution in [2.24, 2.45) is 0 Å². The predicted molar refractivity (Wildman–Crippen MR) is 86.4 cm³/mol. The van der Waals surface area contributed by atoms with Crippen molar-refractivity contribution in [1.82, 2.24) is 19.5 Å². The Labute approximate surface area is 128 Å². The van der Waals surface area contributed by atoms with E-state index in [0.717, 1.165) is 41.8 Å². The van der Waals surface area contributed by atoms with Crippen LogP contribution in [0.25, 0.3) is 11.2 Å². The van der Waals surface area contributed by atoms with Crippen LogP contribution in [0.4, 0.5) is 5.82 Å². The number of halogens is 1. The molecule has 2 aromatic heterocycles. The Morgan fingerprint density at radius 2 is 2.00 bits per heavy atom. The van der Waals surface area contributed by atoms with Gasteiger partial charge >= 0.3 is 0 Å². The van der Waals surface area contributed by atoms with Crippen LogP contribution in [0.15, 0.2) is 12.7 Å². The van der Waals surface area contributed by atoms with E-state index in [1.165, 1.54) is 25.7 Å². The quantitative estimate of drug-likeness (QED) is 0.560. The second-order valence-corrected chi connectivity index (χ2v) is 5.66. The fourth-order valence-corrected chi connectivity index (χ4v) is 2.58. The lowest BCUT2D eigenvalue weighted by Gasteiger charge is -2.08. The molecule has 2 aromatic rings. The lowest BCUT2D eigenvalue weighted by molar-refractivity contribution is 0.593. The topological polar surface area (TPSA) is 55.6 Å². The molecular weight excluding hydrogens is 318 g/mol. The average molecular weight is 340 g/mol. The first-order chi connectivity index (χ1) is 9.86. The summed E-state index contributed by atoms with van der Waals surface area (Å²) in [6, 6.07) is 0. The first kappa shape index (κ1) is 15.2. The van der Waals surface area contributed by atoms with E-state index in [-0.39, 0.29) is 0 Å². The molecule has 0 amide bonds. The number of imidazole rings is 1. The normalized spacial score (nSPS) is 11.1. The predicted octanol–water partition coefficient (Wildman–Crippen LogP) is 3.60. The number of hydrogen-bond donors (Lipinski definition) is 1. The molecule has 1 N–H and O–H groups in total. The van der Waals surface area contributed by atoms with Crippen molar-refractivity contribution in [2.75, 3.05) is 17.2 Å². The summed E-state index contributed by atoms with van der Waals surface area (Å²) in [4.78, 5) is 13.0. The van der Waals surface area contributed by atoms with Crippen LogP contribution in [-0.2, 0) is 6.54 Å². The first-order valence-corrected chi connectivity index (χ1v) is 8.44. The molecule has 0 spiro atoms. The van der Waals surface area contributed by atoms with E-state index in [1.807, 2.05) is 6.33 Å². The number of nitrogens with one attached hydrogen (secondary N) is 1. The van der Waals surface area contributed by atoms with Crippen LogP contribution >= 0.6 is 15.9 Å². The third kappa shape index (κ3) is 3.91. The molecule has 0 unspecified atom stereocenters. The Bertz CT molecular complexity index is 525. The van der Waals surface area contributed by atoms with Gasteiger partial charge in [-0.1, -0.05) is 35.7 Å². The molecule has 2 rings (SSSR count). The number of anilines is 1. The van der Waals surface area contributed by atoms with Crippen LogP contribution in [0.2, 0.25) is 0 Å². The molecule has 0 aliphatic carbocycles. The Balaban J connectivity index is 2.04. The van der Waals surface area contributed by atoms with Gasteiger partial charge in [-0.05, 0) is 19.3 Å². The monoisotopic (exact) mass is 339 g/mol. The van der Waals surface area contributed by atoms with Gasteiger partial charge in [0.15, 0.2) is 11.5 Å². The second kappa shape index (κ2) is 8.19. The van der Waals surface area contributed by atoms with Crippen molar-refractivity contribution < 1.29 is 0 Å². The molecule has 20 heavy (non-hydrogen) atoms. The summed E-state index contributed by atoms with van der Waals surface area (Å²) < 4.78 is 2.17. The van der Waals surface area contributed by atoms with E-state index in [4.69, 9.17) is 0 Å².